The SMILES string of the molecule is O=C(O)c1ccc2nc(C34CCC(OCc5c(-c6c(Cl)cccc6Cl)noc5C5CC5)(CC3)CC4)ccc2c1. The van der Waals surface area contributed by atoms with Gasteiger partial charge in [0.2, 0.25) is 0 Å². The molecule has 0 amide bonds. The van der Waals surface area contributed by atoms with Crippen LogP contribution in [0.15, 0.2) is 53.1 Å². The zero-order valence-electron chi connectivity index (χ0n) is 21.4. The number of carboxylic acid groups (broad SMARTS) is 1. The standard InChI is InChI=1S/C31H28Cl2N2O4/c32-22-2-1-3-23(33)26(22)27-21(28(39-35-27)18-4-5-18)17-38-31-13-10-30(11-14-31,12-15-31)25-9-7-19-16-20(29(36)37)6-8-24(19)34-25/h1-3,6-9,16,18H,4-5,10-15,17H2,(H,36,37). The second-order valence-electron chi connectivity index (χ2n) is 11.4. The number of halogens is 2. The van der Waals surface area contributed by atoms with Gasteiger partial charge >= 0.3 is 5.97 Å². The lowest BCUT2D eigenvalue weighted by atomic mass is 9.57. The van der Waals surface area contributed by atoms with E-state index in [4.69, 9.17) is 37.4 Å². The van der Waals surface area contributed by atoms with Gasteiger partial charge in [-0.25, -0.2) is 4.79 Å². The lowest BCUT2D eigenvalue weighted by molar-refractivity contribution is -0.127. The van der Waals surface area contributed by atoms with Gasteiger partial charge in [-0.05, 0) is 87.8 Å². The first kappa shape index (κ1) is 25.1. The first-order chi connectivity index (χ1) is 18.9. The molecule has 4 fully saturated rings. The molecule has 2 aromatic carbocycles. The van der Waals surface area contributed by atoms with Crippen molar-refractivity contribution in [3.8, 4) is 11.3 Å². The third kappa shape index (κ3) is 4.33. The van der Waals surface area contributed by atoms with E-state index in [0.717, 1.165) is 79.3 Å². The summed E-state index contributed by atoms with van der Waals surface area (Å²) in [5, 5.41) is 15.7. The highest BCUT2D eigenvalue weighted by Gasteiger charge is 2.51. The summed E-state index contributed by atoms with van der Waals surface area (Å²) < 4.78 is 12.6. The molecule has 2 aromatic heterocycles. The number of aromatic nitrogens is 2. The van der Waals surface area contributed by atoms with Crippen LogP contribution in [0.3, 0.4) is 0 Å². The normalized spacial score (nSPS) is 24.4. The molecule has 0 radical (unpaired) electrons. The maximum absolute atomic E-state index is 11.3. The average molecular weight is 563 g/mol. The summed E-state index contributed by atoms with van der Waals surface area (Å²) >= 11 is 13.1. The molecule has 2 heterocycles. The molecule has 4 aliphatic carbocycles. The lowest BCUT2D eigenvalue weighted by Crippen LogP contribution is -2.50. The van der Waals surface area contributed by atoms with Crippen molar-refractivity contribution in [2.75, 3.05) is 0 Å². The Balaban J connectivity index is 1.11. The van der Waals surface area contributed by atoms with Gasteiger partial charge in [0, 0.05) is 33.5 Å². The highest BCUT2D eigenvalue weighted by atomic mass is 35.5. The van der Waals surface area contributed by atoms with Gasteiger partial charge < -0.3 is 14.4 Å². The minimum atomic E-state index is -0.923. The van der Waals surface area contributed by atoms with E-state index >= 15 is 0 Å². The van der Waals surface area contributed by atoms with E-state index in [1.165, 1.54) is 0 Å². The molecule has 39 heavy (non-hydrogen) atoms. The van der Waals surface area contributed by atoms with Crippen LogP contribution >= 0.6 is 23.2 Å². The quantitative estimate of drug-likeness (QED) is 0.243. The maximum Gasteiger partial charge on any atom is 0.335 e. The van der Waals surface area contributed by atoms with E-state index < -0.39 is 5.97 Å². The number of rotatable bonds is 7. The Labute approximate surface area is 236 Å². The summed E-state index contributed by atoms with van der Waals surface area (Å²) in [5.41, 5.74) is 4.47. The summed E-state index contributed by atoms with van der Waals surface area (Å²) in [5.74, 6) is 0.373. The van der Waals surface area contributed by atoms with Crippen molar-refractivity contribution in [3.63, 3.8) is 0 Å². The summed E-state index contributed by atoms with van der Waals surface area (Å²) in [6.07, 6.45) is 8.15. The van der Waals surface area contributed by atoms with Gasteiger partial charge in [-0.2, -0.15) is 0 Å². The van der Waals surface area contributed by atoms with Crippen molar-refractivity contribution < 1.29 is 19.2 Å². The molecule has 8 heteroatoms. The monoisotopic (exact) mass is 562 g/mol. The number of aromatic carboxylic acids is 1. The first-order valence-corrected chi connectivity index (χ1v) is 14.3. The van der Waals surface area contributed by atoms with Crippen LogP contribution in [0.25, 0.3) is 22.2 Å². The van der Waals surface area contributed by atoms with Crippen molar-refractivity contribution in [1.82, 2.24) is 10.1 Å². The molecule has 0 aliphatic heterocycles. The third-order valence-electron chi connectivity index (χ3n) is 9.15. The van der Waals surface area contributed by atoms with E-state index in [2.05, 4.69) is 11.2 Å². The number of ether oxygens (including phenoxy) is 1. The molecule has 0 atom stereocenters. The highest BCUT2D eigenvalue weighted by Crippen LogP contribution is 2.55. The summed E-state index contributed by atoms with van der Waals surface area (Å²) in [6.45, 7) is 0.430. The van der Waals surface area contributed by atoms with E-state index in [-0.39, 0.29) is 16.6 Å². The molecular formula is C31H28Cl2N2O4. The predicted octanol–water partition coefficient (Wildman–Crippen LogP) is 8.33. The molecule has 8 rings (SSSR count). The van der Waals surface area contributed by atoms with E-state index in [0.29, 0.717) is 33.8 Å². The van der Waals surface area contributed by atoms with Crippen LogP contribution in [-0.2, 0) is 16.8 Å². The number of carboxylic acids is 1. The smallest absolute Gasteiger partial charge is 0.335 e. The van der Waals surface area contributed by atoms with Crippen LogP contribution in [-0.4, -0.2) is 26.8 Å². The van der Waals surface area contributed by atoms with Crippen LogP contribution in [0.1, 0.15) is 84.7 Å². The fraction of sp³-hybridized carbons (Fsp3) is 0.387. The van der Waals surface area contributed by atoms with Crippen molar-refractivity contribution in [1.29, 1.82) is 0 Å². The fourth-order valence-electron chi connectivity index (χ4n) is 6.58. The van der Waals surface area contributed by atoms with Gasteiger partial charge in [0.1, 0.15) is 11.5 Å². The van der Waals surface area contributed by atoms with Crippen molar-refractivity contribution in [2.45, 2.75) is 74.9 Å². The Morgan fingerprint density at radius 2 is 1.72 bits per heavy atom. The molecule has 4 aromatic rings. The van der Waals surface area contributed by atoms with E-state index in [9.17, 15) is 9.90 Å². The number of hydrogen-bond acceptors (Lipinski definition) is 5. The Morgan fingerprint density at radius 3 is 2.38 bits per heavy atom. The number of nitrogens with zero attached hydrogens (tertiary/aromatic N) is 2. The van der Waals surface area contributed by atoms with Gasteiger partial charge in [-0.1, -0.05) is 40.5 Å². The topological polar surface area (TPSA) is 85.5 Å². The van der Waals surface area contributed by atoms with Crippen LogP contribution < -0.4 is 0 Å². The van der Waals surface area contributed by atoms with Crippen molar-refractivity contribution in [3.05, 3.63) is 81.2 Å². The highest BCUT2D eigenvalue weighted by molar-refractivity contribution is 6.39. The minimum absolute atomic E-state index is 0.0391. The van der Waals surface area contributed by atoms with Crippen LogP contribution in [0.5, 0.6) is 0 Å². The minimum Gasteiger partial charge on any atom is -0.478 e. The van der Waals surface area contributed by atoms with E-state index in [1.807, 2.05) is 30.3 Å². The maximum atomic E-state index is 11.3. The summed E-state index contributed by atoms with van der Waals surface area (Å²) in [4.78, 5) is 16.3. The summed E-state index contributed by atoms with van der Waals surface area (Å²) in [7, 11) is 0. The van der Waals surface area contributed by atoms with Crippen molar-refractivity contribution >= 4 is 40.1 Å². The average Bonchev–Trinajstić information content (AvgIpc) is 3.72. The van der Waals surface area contributed by atoms with Crippen LogP contribution in [0, 0.1) is 0 Å². The number of carbonyl (C=O) groups is 1. The number of fused-ring (bicyclic) bond motifs is 4. The zero-order valence-corrected chi connectivity index (χ0v) is 22.9. The molecule has 0 unspecified atom stereocenters. The second-order valence-corrected chi connectivity index (χ2v) is 12.2. The van der Waals surface area contributed by atoms with Gasteiger partial charge in [0.05, 0.1) is 33.3 Å². The number of pyridine rings is 1. The zero-order chi connectivity index (χ0) is 26.8. The van der Waals surface area contributed by atoms with Gasteiger partial charge in [-0.3, -0.25) is 4.98 Å². The fourth-order valence-corrected chi connectivity index (χ4v) is 7.16. The molecule has 2 bridgehead atoms. The molecule has 4 aliphatic rings. The van der Waals surface area contributed by atoms with Crippen molar-refractivity contribution in [2.24, 2.45) is 0 Å². The Kier molecular flexibility index (Phi) is 5.99. The van der Waals surface area contributed by atoms with Crippen LogP contribution in [0.4, 0.5) is 0 Å². The predicted molar refractivity (Wildman–Crippen MR) is 150 cm³/mol. The van der Waals surface area contributed by atoms with Gasteiger partial charge in [-0.15, -0.1) is 0 Å². The molecular weight excluding hydrogens is 535 g/mol. The molecule has 0 saturated heterocycles. The molecule has 0 spiro atoms. The molecule has 1 N–H and O–H groups in total. The van der Waals surface area contributed by atoms with Gasteiger partial charge in [0.25, 0.3) is 0 Å². The van der Waals surface area contributed by atoms with E-state index in [1.54, 1.807) is 12.1 Å². The Morgan fingerprint density at radius 1 is 1.00 bits per heavy atom. The third-order valence-corrected chi connectivity index (χ3v) is 9.78. The molecule has 200 valence electrons. The largest absolute Gasteiger partial charge is 0.478 e. The number of hydrogen-bond donors (Lipinski definition) is 1. The Hall–Kier alpha value is -2.93. The van der Waals surface area contributed by atoms with Crippen LogP contribution in [0.2, 0.25) is 10.0 Å². The summed E-state index contributed by atoms with van der Waals surface area (Å²) in [6, 6.07) is 14.7. The first-order valence-electron chi connectivity index (χ1n) is 13.6. The van der Waals surface area contributed by atoms with Gasteiger partial charge in [0.15, 0.2) is 0 Å². The Bertz CT molecular complexity index is 1560. The number of benzene rings is 2. The second kappa shape index (κ2) is 9.33. The lowest BCUT2D eigenvalue weighted by Gasteiger charge is -2.52. The molecule has 4 saturated carbocycles. The molecule has 6 nitrogen and oxygen atoms in total.